The second kappa shape index (κ2) is 6.12. The summed E-state index contributed by atoms with van der Waals surface area (Å²) in [6, 6.07) is 6.35. The molecule has 0 saturated heterocycles. The quantitative estimate of drug-likeness (QED) is 0.771. The van der Waals surface area contributed by atoms with Gasteiger partial charge in [-0.25, -0.2) is 18.1 Å². The van der Waals surface area contributed by atoms with Crippen molar-refractivity contribution in [1.82, 2.24) is 19.5 Å². The first-order chi connectivity index (χ1) is 9.53. The molecule has 1 heterocycles. The van der Waals surface area contributed by atoms with E-state index in [2.05, 4.69) is 14.8 Å². The summed E-state index contributed by atoms with van der Waals surface area (Å²) in [5.41, 5.74) is 0.371. The van der Waals surface area contributed by atoms with Gasteiger partial charge in [-0.1, -0.05) is 18.2 Å². The van der Waals surface area contributed by atoms with E-state index < -0.39 is 10.0 Å². The number of aliphatic hydroxyl groups excluding tert-OH is 1. The maximum atomic E-state index is 12.1. The number of aliphatic hydroxyl groups is 1. The van der Waals surface area contributed by atoms with Crippen LogP contribution in [0.3, 0.4) is 0 Å². The van der Waals surface area contributed by atoms with Gasteiger partial charge in [0.25, 0.3) is 0 Å². The third kappa shape index (κ3) is 3.41. The van der Waals surface area contributed by atoms with Crippen LogP contribution in [0.15, 0.2) is 35.5 Å². The summed E-state index contributed by atoms with van der Waals surface area (Å²) >= 11 is 0. The minimum absolute atomic E-state index is 0.0940. The molecule has 0 bridgehead atoms. The largest absolute Gasteiger partial charge is 0.392 e. The summed E-state index contributed by atoms with van der Waals surface area (Å²) in [6.07, 6.45) is 1.96. The first kappa shape index (κ1) is 14.6. The maximum absolute atomic E-state index is 12.1. The normalized spacial score (nSPS) is 11.7. The highest BCUT2D eigenvalue weighted by atomic mass is 32.2. The molecule has 0 aliphatic rings. The van der Waals surface area contributed by atoms with E-state index in [1.54, 1.807) is 36.3 Å². The van der Waals surface area contributed by atoms with Crippen LogP contribution in [0.2, 0.25) is 0 Å². The molecule has 8 heteroatoms. The number of sulfonamides is 1. The summed E-state index contributed by atoms with van der Waals surface area (Å²) in [4.78, 5) is 4.11. The van der Waals surface area contributed by atoms with Crippen LogP contribution in [0, 0.1) is 0 Å². The second-order valence-electron chi connectivity index (χ2n) is 4.25. The maximum Gasteiger partial charge on any atom is 0.240 e. The molecule has 0 aliphatic heterocycles. The van der Waals surface area contributed by atoms with Gasteiger partial charge >= 0.3 is 0 Å². The molecule has 0 aliphatic carbocycles. The van der Waals surface area contributed by atoms with E-state index in [4.69, 9.17) is 0 Å². The molecule has 1 aromatic heterocycles. The Bertz CT molecular complexity index is 682. The highest BCUT2D eigenvalue weighted by Crippen LogP contribution is 2.14. The van der Waals surface area contributed by atoms with Crippen molar-refractivity contribution in [3.63, 3.8) is 0 Å². The molecule has 0 spiro atoms. The molecule has 0 fully saturated rings. The Morgan fingerprint density at radius 2 is 2.10 bits per heavy atom. The molecule has 0 radical (unpaired) electrons. The van der Waals surface area contributed by atoms with Crippen LogP contribution in [0.1, 0.15) is 11.4 Å². The smallest absolute Gasteiger partial charge is 0.240 e. The van der Waals surface area contributed by atoms with Crippen LogP contribution in [-0.2, 0) is 30.1 Å². The van der Waals surface area contributed by atoms with E-state index in [-0.39, 0.29) is 18.0 Å². The average molecular weight is 296 g/mol. The average Bonchev–Trinajstić information content (AvgIpc) is 2.84. The molecular formula is C12H16N4O3S. The van der Waals surface area contributed by atoms with Gasteiger partial charge in [0.2, 0.25) is 10.0 Å². The predicted molar refractivity (Wildman–Crippen MR) is 72.3 cm³/mol. The van der Waals surface area contributed by atoms with Crippen LogP contribution >= 0.6 is 0 Å². The highest BCUT2D eigenvalue weighted by molar-refractivity contribution is 7.89. The molecule has 20 heavy (non-hydrogen) atoms. The lowest BCUT2D eigenvalue weighted by molar-refractivity contribution is 0.278. The van der Waals surface area contributed by atoms with Crippen LogP contribution in [-0.4, -0.2) is 34.8 Å². The molecule has 7 nitrogen and oxygen atoms in total. The number of hydrogen-bond donors (Lipinski definition) is 2. The van der Waals surface area contributed by atoms with E-state index >= 15 is 0 Å². The highest BCUT2D eigenvalue weighted by Gasteiger charge is 2.17. The fraction of sp³-hybridized carbons (Fsp3) is 0.333. The van der Waals surface area contributed by atoms with Crippen molar-refractivity contribution in [2.75, 3.05) is 6.54 Å². The topological polar surface area (TPSA) is 97.1 Å². The first-order valence-electron chi connectivity index (χ1n) is 6.06. The molecule has 108 valence electrons. The van der Waals surface area contributed by atoms with Crippen molar-refractivity contribution in [2.24, 2.45) is 7.05 Å². The number of hydrogen-bond acceptors (Lipinski definition) is 5. The Morgan fingerprint density at radius 3 is 2.75 bits per heavy atom. The van der Waals surface area contributed by atoms with E-state index in [0.29, 0.717) is 17.8 Å². The molecule has 0 saturated carbocycles. The number of aromatic nitrogens is 3. The summed E-state index contributed by atoms with van der Waals surface area (Å²) < 4.78 is 28.3. The van der Waals surface area contributed by atoms with Crippen molar-refractivity contribution in [3.8, 4) is 0 Å². The number of nitrogens with zero attached hydrogens (tertiary/aromatic N) is 3. The molecule has 0 atom stereocenters. The zero-order valence-electron chi connectivity index (χ0n) is 11.0. The number of nitrogens with one attached hydrogen (secondary N) is 1. The summed E-state index contributed by atoms with van der Waals surface area (Å²) in [6.45, 7) is -0.120. The summed E-state index contributed by atoms with van der Waals surface area (Å²) in [7, 11) is -1.89. The van der Waals surface area contributed by atoms with E-state index in [9.17, 15) is 13.5 Å². The Balaban J connectivity index is 2.04. The third-order valence-corrected chi connectivity index (χ3v) is 4.28. The van der Waals surface area contributed by atoms with Gasteiger partial charge < -0.3 is 5.11 Å². The van der Waals surface area contributed by atoms with Crippen molar-refractivity contribution < 1.29 is 13.5 Å². The van der Waals surface area contributed by atoms with Gasteiger partial charge in [0, 0.05) is 20.0 Å². The zero-order chi connectivity index (χ0) is 14.6. The number of benzene rings is 1. The SMILES string of the molecule is Cn1cnc(CCNS(=O)(=O)c2ccccc2CO)n1. The molecule has 1 aromatic carbocycles. The fourth-order valence-electron chi connectivity index (χ4n) is 1.77. The van der Waals surface area contributed by atoms with Crippen molar-refractivity contribution in [3.05, 3.63) is 42.0 Å². The summed E-state index contributed by atoms with van der Waals surface area (Å²) in [5.74, 6) is 0.575. The fourth-order valence-corrected chi connectivity index (χ4v) is 3.03. The van der Waals surface area contributed by atoms with E-state index in [0.717, 1.165) is 0 Å². The molecule has 2 N–H and O–H groups in total. The van der Waals surface area contributed by atoms with Gasteiger partial charge in [-0.05, 0) is 11.6 Å². The van der Waals surface area contributed by atoms with Gasteiger partial charge in [-0.3, -0.25) is 4.68 Å². The minimum Gasteiger partial charge on any atom is -0.392 e. The molecular weight excluding hydrogens is 280 g/mol. The lowest BCUT2D eigenvalue weighted by atomic mass is 10.2. The van der Waals surface area contributed by atoms with Gasteiger partial charge in [-0.15, -0.1) is 0 Å². The third-order valence-electron chi connectivity index (χ3n) is 2.72. The van der Waals surface area contributed by atoms with Gasteiger partial charge in [0.15, 0.2) is 5.82 Å². The van der Waals surface area contributed by atoms with Crippen LogP contribution in [0.4, 0.5) is 0 Å². The first-order valence-corrected chi connectivity index (χ1v) is 7.54. The van der Waals surface area contributed by atoms with Gasteiger partial charge in [0.1, 0.15) is 6.33 Å². The van der Waals surface area contributed by atoms with Crippen molar-refractivity contribution in [1.29, 1.82) is 0 Å². The zero-order valence-corrected chi connectivity index (χ0v) is 11.8. The number of aryl methyl sites for hydroxylation is 1. The van der Waals surface area contributed by atoms with E-state index in [1.165, 1.54) is 6.07 Å². The van der Waals surface area contributed by atoms with Gasteiger partial charge in [-0.2, -0.15) is 5.10 Å². The Hall–Kier alpha value is -1.77. The van der Waals surface area contributed by atoms with Crippen molar-refractivity contribution >= 4 is 10.0 Å². The number of rotatable bonds is 6. The molecule has 2 rings (SSSR count). The Labute approximate surface area is 117 Å². The van der Waals surface area contributed by atoms with Crippen LogP contribution < -0.4 is 4.72 Å². The predicted octanol–water partition coefficient (Wildman–Crippen LogP) is -0.172. The lowest BCUT2D eigenvalue weighted by Crippen LogP contribution is -2.27. The van der Waals surface area contributed by atoms with Crippen LogP contribution in [0.25, 0.3) is 0 Å². The van der Waals surface area contributed by atoms with Crippen LogP contribution in [0.5, 0.6) is 0 Å². The molecule has 0 unspecified atom stereocenters. The molecule has 0 amide bonds. The van der Waals surface area contributed by atoms with Gasteiger partial charge in [0.05, 0.1) is 11.5 Å². The summed E-state index contributed by atoms with van der Waals surface area (Å²) in [5, 5.41) is 13.2. The van der Waals surface area contributed by atoms with Crippen molar-refractivity contribution in [2.45, 2.75) is 17.9 Å². The monoisotopic (exact) mass is 296 g/mol. The Morgan fingerprint density at radius 1 is 1.35 bits per heavy atom. The van der Waals surface area contributed by atoms with E-state index in [1.807, 2.05) is 0 Å². The standard InChI is InChI=1S/C12H16N4O3S/c1-16-9-13-12(15-16)6-7-14-20(18,19)11-5-3-2-4-10(11)8-17/h2-5,9,14,17H,6-8H2,1H3. The minimum atomic E-state index is -3.64. The second-order valence-corrected chi connectivity index (χ2v) is 5.98. The lowest BCUT2D eigenvalue weighted by Gasteiger charge is -2.09. The molecule has 2 aromatic rings. The Kier molecular flexibility index (Phi) is 4.48.